The third-order valence-corrected chi connectivity index (χ3v) is 2.73. The fraction of sp³-hybridized carbons (Fsp3) is 0.286. The maximum absolute atomic E-state index is 11.6. The number of ether oxygens (including phenoxy) is 1. The predicted octanol–water partition coefficient (Wildman–Crippen LogP) is 2.06. The SMILES string of the molecule is CC(=O)CCC(=O)OCC(=O)Nc1ccc(C#N)c(Cl)c1. The molecule has 0 aromatic heterocycles. The summed E-state index contributed by atoms with van der Waals surface area (Å²) in [6.45, 7) is 0.920. The average Bonchev–Trinajstić information content (AvgIpc) is 2.43. The third-order valence-electron chi connectivity index (χ3n) is 2.42. The largest absolute Gasteiger partial charge is 0.456 e. The summed E-state index contributed by atoms with van der Waals surface area (Å²) in [6, 6.07) is 6.31. The lowest BCUT2D eigenvalue weighted by Gasteiger charge is -2.07. The van der Waals surface area contributed by atoms with Gasteiger partial charge in [-0.25, -0.2) is 0 Å². The highest BCUT2D eigenvalue weighted by atomic mass is 35.5. The number of nitrogens with zero attached hydrogens (tertiary/aromatic N) is 1. The molecule has 0 saturated heterocycles. The number of ketones is 1. The van der Waals surface area contributed by atoms with Crippen molar-refractivity contribution in [2.24, 2.45) is 0 Å². The Morgan fingerprint density at radius 1 is 1.33 bits per heavy atom. The molecule has 1 aromatic rings. The van der Waals surface area contributed by atoms with Crippen molar-refractivity contribution >= 4 is 34.9 Å². The highest BCUT2D eigenvalue weighted by molar-refractivity contribution is 6.32. The van der Waals surface area contributed by atoms with Gasteiger partial charge in [0.15, 0.2) is 6.61 Å². The van der Waals surface area contributed by atoms with Crippen LogP contribution in [-0.4, -0.2) is 24.3 Å². The van der Waals surface area contributed by atoms with E-state index < -0.39 is 18.5 Å². The summed E-state index contributed by atoms with van der Waals surface area (Å²) in [4.78, 5) is 33.5. The first-order valence-electron chi connectivity index (χ1n) is 6.07. The number of nitrogens with one attached hydrogen (secondary N) is 1. The second-order valence-corrected chi connectivity index (χ2v) is 4.62. The Morgan fingerprint density at radius 2 is 2.05 bits per heavy atom. The Kier molecular flexibility index (Phi) is 6.37. The molecule has 7 heteroatoms. The van der Waals surface area contributed by atoms with Gasteiger partial charge in [0.05, 0.1) is 17.0 Å². The van der Waals surface area contributed by atoms with E-state index in [9.17, 15) is 14.4 Å². The highest BCUT2D eigenvalue weighted by Crippen LogP contribution is 2.20. The van der Waals surface area contributed by atoms with E-state index in [1.165, 1.54) is 25.1 Å². The first-order chi connectivity index (χ1) is 9.92. The van der Waals surface area contributed by atoms with Gasteiger partial charge in [-0.05, 0) is 25.1 Å². The number of Topliss-reactive ketones (excluding diaryl/α,β-unsaturated/α-hetero) is 1. The molecule has 0 bridgehead atoms. The maximum Gasteiger partial charge on any atom is 0.306 e. The van der Waals surface area contributed by atoms with Gasteiger partial charge in [0, 0.05) is 12.1 Å². The summed E-state index contributed by atoms with van der Waals surface area (Å²) in [6.07, 6.45) is 0.0387. The number of anilines is 1. The van der Waals surface area contributed by atoms with Crippen LogP contribution < -0.4 is 5.32 Å². The Morgan fingerprint density at radius 3 is 2.62 bits per heavy atom. The first-order valence-corrected chi connectivity index (χ1v) is 6.44. The Labute approximate surface area is 126 Å². The predicted molar refractivity (Wildman–Crippen MR) is 75.7 cm³/mol. The zero-order chi connectivity index (χ0) is 15.8. The summed E-state index contributed by atoms with van der Waals surface area (Å²) in [5, 5.41) is 11.4. The molecule has 6 nitrogen and oxygen atoms in total. The summed E-state index contributed by atoms with van der Waals surface area (Å²) in [5.74, 6) is -1.27. The molecule has 0 atom stereocenters. The Hall–Kier alpha value is -2.39. The van der Waals surface area contributed by atoms with Crippen molar-refractivity contribution in [3.63, 3.8) is 0 Å². The molecule has 0 saturated carbocycles. The van der Waals surface area contributed by atoms with E-state index in [2.05, 4.69) is 5.32 Å². The fourth-order valence-corrected chi connectivity index (χ4v) is 1.60. The topological polar surface area (TPSA) is 96.3 Å². The minimum Gasteiger partial charge on any atom is -0.456 e. The molecule has 1 rings (SSSR count). The van der Waals surface area contributed by atoms with Crippen LogP contribution in [0.2, 0.25) is 5.02 Å². The van der Waals surface area contributed by atoms with Crippen molar-refractivity contribution in [1.29, 1.82) is 5.26 Å². The molecule has 0 aliphatic carbocycles. The van der Waals surface area contributed by atoms with Crippen LogP contribution in [0, 0.1) is 11.3 Å². The van der Waals surface area contributed by atoms with Crippen LogP contribution in [0.25, 0.3) is 0 Å². The second kappa shape index (κ2) is 8.02. The monoisotopic (exact) mass is 308 g/mol. The van der Waals surface area contributed by atoms with Crippen LogP contribution in [0.5, 0.6) is 0 Å². The van der Waals surface area contributed by atoms with E-state index >= 15 is 0 Å². The summed E-state index contributed by atoms with van der Waals surface area (Å²) in [5.41, 5.74) is 0.689. The van der Waals surface area contributed by atoms with Crippen LogP contribution >= 0.6 is 11.6 Å². The van der Waals surface area contributed by atoms with E-state index in [1.807, 2.05) is 6.07 Å². The van der Waals surface area contributed by atoms with Crippen LogP contribution in [-0.2, 0) is 19.1 Å². The van der Waals surface area contributed by atoms with Crippen molar-refractivity contribution in [2.45, 2.75) is 19.8 Å². The molecule has 0 fully saturated rings. The van der Waals surface area contributed by atoms with Crippen LogP contribution in [0.4, 0.5) is 5.69 Å². The highest BCUT2D eigenvalue weighted by Gasteiger charge is 2.09. The van der Waals surface area contributed by atoms with Crippen molar-refractivity contribution < 1.29 is 19.1 Å². The van der Waals surface area contributed by atoms with Crippen molar-refractivity contribution in [1.82, 2.24) is 0 Å². The number of amides is 1. The molecule has 1 amide bonds. The van der Waals surface area contributed by atoms with Gasteiger partial charge in [-0.2, -0.15) is 5.26 Å². The number of rotatable bonds is 6. The van der Waals surface area contributed by atoms with E-state index in [-0.39, 0.29) is 23.6 Å². The van der Waals surface area contributed by atoms with Crippen LogP contribution in [0.15, 0.2) is 18.2 Å². The quantitative estimate of drug-likeness (QED) is 0.811. The summed E-state index contributed by atoms with van der Waals surface area (Å²) in [7, 11) is 0. The zero-order valence-corrected chi connectivity index (χ0v) is 12.1. The molecular weight excluding hydrogens is 296 g/mol. The molecule has 0 aliphatic heterocycles. The van der Waals surface area contributed by atoms with Gasteiger partial charge in [-0.15, -0.1) is 0 Å². The van der Waals surface area contributed by atoms with Gasteiger partial charge in [0.1, 0.15) is 11.9 Å². The second-order valence-electron chi connectivity index (χ2n) is 4.22. The number of benzene rings is 1. The third kappa shape index (κ3) is 6.06. The molecular formula is C14H13ClN2O4. The molecule has 1 aromatic carbocycles. The van der Waals surface area contributed by atoms with Crippen LogP contribution in [0.1, 0.15) is 25.3 Å². The maximum atomic E-state index is 11.6. The lowest BCUT2D eigenvalue weighted by atomic mass is 10.2. The number of esters is 1. The lowest BCUT2D eigenvalue weighted by molar-refractivity contribution is -0.148. The minimum absolute atomic E-state index is 0.0503. The first kappa shape index (κ1) is 16.7. The molecule has 0 spiro atoms. The van der Waals surface area contributed by atoms with Crippen molar-refractivity contribution in [2.75, 3.05) is 11.9 Å². The fourth-order valence-electron chi connectivity index (χ4n) is 1.38. The summed E-state index contributed by atoms with van der Waals surface area (Å²) < 4.78 is 4.71. The Bertz CT molecular complexity index is 607. The van der Waals surface area contributed by atoms with Gasteiger partial charge in [0.2, 0.25) is 0 Å². The van der Waals surface area contributed by atoms with Gasteiger partial charge < -0.3 is 14.8 Å². The molecule has 1 N–H and O–H groups in total. The molecule has 21 heavy (non-hydrogen) atoms. The number of hydrogen-bond donors (Lipinski definition) is 1. The van der Waals surface area contributed by atoms with Gasteiger partial charge in [-0.1, -0.05) is 11.6 Å². The number of nitriles is 1. The van der Waals surface area contributed by atoms with E-state index in [1.54, 1.807) is 0 Å². The Balaban J connectivity index is 2.44. The number of halogens is 1. The molecule has 0 unspecified atom stereocenters. The molecule has 0 heterocycles. The van der Waals surface area contributed by atoms with E-state index in [4.69, 9.17) is 21.6 Å². The van der Waals surface area contributed by atoms with Crippen molar-refractivity contribution in [3.8, 4) is 6.07 Å². The number of hydrogen-bond acceptors (Lipinski definition) is 5. The van der Waals surface area contributed by atoms with Gasteiger partial charge >= 0.3 is 5.97 Å². The number of carbonyl (C=O) groups excluding carboxylic acids is 3. The molecule has 0 aliphatic rings. The van der Waals surface area contributed by atoms with E-state index in [0.29, 0.717) is 11.3 Å². The van der Waals surface area contributed by atoms with Gasteiger partial charge in [0.25, 0.3) is 5.91 Å². The smallest absolute Gasteiger partial charge is 0.306 e. The average molecular weight is 309 g/mol. The lowest BCUT2D eigenvalue weighted by Crippen LogP contribution is -2.21. The van der Waals surface area contributed by atoms with E-state index in [0.717, 1.165) is 0 Å². The summed E-state index contributed by atoms with van der Waals surface area (Å²) >= 11 is 5.82. The minimum atomic E-state index is -0.613. The molecule has 110 valence electrons. The van der Waals surface area contributed by atoms with Gasteiger partial charge in [-0.3, -0.25) is 9.59 Å². The normalized spacial score (nSPS) is 9.57. The standard InChI is InChI=1S/C14H13ClN2O4/c1-9(18)2-5-14(20)21-8-13(19)17-11-4-3-10(7-16)12(15)6-11/h3-4,6H,2,5,8H2,1H3,(H,17,19). The van der Waals surface area contributed by atoms with Crippen molar-refractivity contribution in [3.05, 3.63) is 28.8 Å². The molecule has 0 radical (unpaired) electrons. The van der Waals surface area contributed by atoms with Crippen LogP contribution in [0.3, 0.4) is 0 Å². The number of carbonyl (C=O) groups is 3. The zero-order valence-electron chi connectivity index (χ0n) is 11.3.